The predicted octanol–water partition coefficient (Wildman–Crippen LogP) is 2.73. The highest BCUT2D eigenvalue weighted by Crippen LogP contribution is 2.26. The maximum atomic E-state index is 13.1. The lowest BCUT2D eigenvalue weighted by Gasteiger charge is -2.23. The number of hydrogen-bond donors (Lipinski definition) is 2. The first-order valence-electron chi connectivity index (χ1n) is 5.88. The van der Waals surface area contributed by atoms with Crippen LogP contribution in [0, 0.1) is 0 Å². The third-order valence-electron chi connectivity index (χ3n) is 2.39. The van der Waals surface area contributed by atoms with Crippen LogP contribution in [0.15, 0.2) is 18.2 Å². The maximum absolute atomic E-state index is 13.1. The van der Waals surface area contributed by atoms with E-state index in [4.69, 9.17) is 0 Å². The molecule has 0 saturated carbocycles. The van der Waals surface area contributed by atoms with Crippen molar-refractivity contribution in [3.05, 3.63) is 29.6 Å². The molecule has 3 nitrogen and oxygen atoms in total. The van der Waals surface area contributed by atoms with Crippen molar-refractivity contribution < 1.29 is 13.9 Å². The highest BCUT2D eigenvalue weighted by molar-refractivity contribution is 7.59. The molecule has 2 N–H and O–H groups in total. The maximum Gasteiger partial charge on any atom is 0.286 e. The summed E-state index contributed by atoms with van der Waals surface area (Å²) in [6.45, 7) is 6.95. The number of halogens is 2. The summed E-state index contributed by atoms with van der Waals surface area (Å²) in [5, 5.41) is 13.0. The van der Waals surface area contributed by atoms with Gasteiger partial charge in [-0.3, -0.25) is 0 Å². The Labute approximate surface area is 119 Å². The molecule has 0 saturated heterocycles. The molecule has 0 bridgehead atoms. The summed E-state index contributed by atoms with van der Waals surface area (Å²) < 4.78 is 26.2. The lowest BCUT2D eigenvalue weighted by Crippen LogP contribution is -2.38. The number of nitrogens with one attached hydrogen (secondary N) is 1. The van der Waals surface area contributed by atoms with Crippen LogP contribution in [0.3, 0.4) is 0 Å². The molecule has 0 radical (unpaired) electrons. The molecule has 1 rings (SSSR count). The van der Waals surface area contributed by atoms with Crippen LogP contribution in [0.1, 0.15) is 45.2 Å². The third kappa shape index (κ3) is 6.31. The highest BCUT2D eigenvalue weighted by atomic mass is 32.1. The number of aliphatic hydroxyl groups is 1. The summed E-state index contributed by atoms with van der Waals surface area (Å²) in [6.07, 6.45) is -0.897. The van der Waals surface area contributed by atoms with Gasteiger partial charge in [0.2, 0.25) is 0 Å². The summed E-state index contributed by atoms with van der Waals surface area (Å²) in [7, 11) is 0. The van der Waals surface area contributed by atoms with Crippen molar-refractivity contribution in [2.45, 2.75) is 45.3 Å². The standard InChI is InChI=1S/C13H20F2N2O.H2S/c1-12(2,3)16-8-10(18)9-6-5-7-11(17-9)13(4,14)15;/h5-7,10,16,18H,8H2,1-4H3;1H2/t10-;/m0./s1. The molecular formula is C13H22F2N2OS. The Morgan fingerprint density at radius 2 is 1.84 bits per heavy atom. The van der Waals surface area contributed by atoms with E-state index in [9.17, 15) is 13.9 Å². The quantitative estimate of drug-likeness (QED) is 0.897. The van der Waals surface area contributed by atoms with Crippen LogP contribution in [0.5, 0.6) is 0 Å². The lowest BCUT2D eigenvalue weighted by atomic mass is 10.1. The number of aromatic nitrogens is 1. The van der Waals surface area contributed by atoms with Gasteiger partial charge in [0.15, 0.2) is 0 Å². The smallest absolute Gasteiger partial charge is 0.286 e. The molecule has 1 aromatic rings. The van der Waals surface area contributed by atoms with Crippen molar-refractivity contribution in [2.24, 2.45) is 0 Å². The number of β-amino-alcohol motifs (C(OH)–C–C–N with tert-alkyl or cyclic N) is 1. The Kier molecular flexibility index (Phi) is 6.38. The summed E-state index contributed by atoms with van der Waals surface area (Å²) in [4.78, 5) is 3.80. The zero-order valence-electron chi connectivity index (χ0n) is 11.7. The Balaban J connectivity index is 0.00000324. The summed E-state index contributed by atoms with van der Waals surface area (Å²) >= 11 is 0. The first-order valence-corrected chi connectivity index (χ1v) is 5.88. The van der Waals surface area contributed by atoms with Gasteiger partial charge in [-0.2, -0.15) is 22.3 Å². The molecule has 0 spiro atoms. The van der Waals surface area contributed by atoms with Gasteiger partial charge in [-0.05, 0) is 32.9 Å². The van der Waals surface area contributed by atoms with Crippen LogP contribution >= 0.6 is 13.5 Å². The molecule has 0 fully saturated rings. The second kappa shape index (κ2) is 6.63. The Bertz CT molecular complexity index is 402. The molecule has 0 aromatic carbocycles. The second-order valence-corrected chi connectivity index (χ2v) is 5.48. The normalized spacial score (nSPS) is 13.8. The van der Waals surface area contributed by atoms with Gasteiger partial charge in [-0.25, -0.2) is 4.98 Å². The van der Waals surface area contributed by atoms with E-state index in [0.29, 0.717) is 0 Å². The molecule has 1 atom stereocenters. The Morgan fingerprint density at radius 1 is 1.26 bits per heavy atom. The van der Waals surface area contributed by atoms with Crippen molar-refractivity contribution in [1.29, 1.82) is 0 Å². The van der Waals surface area contributed by atoms with Gasteiger partial charge in [-0.15, -0.1) is 0 Å². The minimum Gasteiger partial charge on any atom is -0.385 e. The van der Waals surface area contributed by atoms with Gasteiger partial charge in [-0.1, -0.05) is 6.07 Å². The topological polar surface area (TPSA) is 45.1 Å². The Hall–Kier alpha value is -0.720. The number of hydrogen-bond acceptors (Lipinski definition) is 3. The van der Waals surface area contributed by atoms with E-state index in [2.05, 4.69) is 10.3 Å². The average Bonchev–Trinajstić information content (AvgIpc) is 2.24. The number of aliphatic hydroxyl groups excluding tert-OH is 1. The van der Waals surface area contributed by atoms with Crippen molar-refractivity contribution in [1.82, 2.24) is 10.3 Å². The molecule has 0 aliphatic carbocycles. The van der Waals surface area contributed by atoms with Gasteiger partial charge in [0.25, 0.3) is 5.92 Å². The van der Waals surface area contributed by atoms with Crippen molar-refractivity contribution in [2.75, 3.05) is 6.54 Å². The molecule has 0 unspecified atom stereocenters. The van der Waals surface area contributed by atoms with Gasteiger partial charge >= 0.3 is 0 Å². The minimum atomic E-state index is -2.99. The third-order valence-corrected chi connectivity index (χ3v) is 2.39. The van der Waals surface area contributed by atoms with Gasteiger partial charge in [0.05, 0.1) is 5.69 Å². The minimum absolute atomic E-state index is 0. The zero-order valence-corrected chi connectivity index (χ0v) is 12.7. The Morgan fingerprint density at radius 3 is 2.32 bits per heavy atom. The number of nitrogens with zero attached hydrogens (tertiary/aromatic N) is 1. The van der Waals surface area contributed by atoms with E-state index < -0.39 is 12.0 Å². The van der Waals surface area contributed by atoms with Gasteiger partial charge in [0.1, 0.15) is 11.8 Å². The number of pyridine rings is 1. The van der Waals surface area contributed by atoms with E-state index in [1.165, 1.54) is 12.1 Å². The number of rotatable bonds is 4. The van der Waals surface area contributed by atoms with E-state index in [1.54, 1.807) is 6.07 Å². The fraction of sp³-hybridized carbons (Fsp3) is 0.615. The van der Waals surface area contributed by atoms with Crippen LogP contribution in [0.2, 0.25) is 0 Å². The first-order chi connectivity index (χ1) is 8.09. The highest BCUT2D eigenvalue weighted by Gasteiger charge is 2.27. The average molecular weight is 292 g/mol. The molecule has 0 aliphatic rings. The van der Waals surface area contributed by atoms with E-state index in [-0.39, 0.29) is 37.0 Å². The molecule has 0 amide bonds. The summed E-state index contributed by atoms with van der Waals surface area (Å²) in [5.41, 5.74) is -0.214. The predicted molar refractivity (Wildman–Crippen MR) is 76.9 cm³/mol. The summed E-state index contributed by atoms with van der Waals surface area (Å²) in [6, 6.07) is 4.28. The van der Waals surface area contributed by atoms with Crippen molar-refractivity contribution in [3.63, 3.8) is 0 Å². The van der Waals surface area contributed by atoms with Crippen LogP contribution in [0.25, 0.3) is 0 Å². The fourth-order valence-electron chi connectivity index (χ4n) is 1.39. The van der Waals surface area contributed by atoms with E-state index >= 15 is 0 Å². The lowest BCUT2D eigenvalue weighted by molar-refractivity contribution is 0.0120. The second-order valence-electron chi connectivity index (χ2n) is 5.48. The molecule has 110 valence electrons. The van der Waals surface area contributed by atoms with Crippen LogP contribution in [-0.4, -0.2) is 22.2 Å². The molecule has 1 heterocycles. The molecule has 6 heteroatoms. The van der Waals surface area contributed by atoms with Gasteiger partial charge < -0.3 is 10.4 Å². The van der Waals surface area contributed by atoms with Crippen molar-refractivity contribution >= 4 is 13.5 Å². The van der Waals surface area contributed by atoms with Crippen LogP contribution in [-0.2, 0) is 5.92 Å². The largest absolute Gasteiger partial charge is 0.385 e. The fourth-order valence-corrected chi connectivity index (χ4v) is 1.39. The van der Waals surface area contributed by atoms with E-state index in [0.717, 1.165) is 6.92 Å². The molecular weight excluding hydrogens is 270 g/mol. The van der Waals surface area contributed by atoms with E-state index in [1.807, 2.05) is 20.8 Å². The summed E-state index contributed by atoms with van der Waals surface area (Å²) in [5.74, 6) is -2.99. The molecule has 1 aromatic heterocycles. The molecule has 19 heavy (non-hydrogen) atoms. The monoisotopic (exact) mass is 292 g/mol. The number of alkyl halides is 2. The SMILES string of the molecule is CC(C)(C)NC[C@H](O)c1cccc(C(C)(F)F)n1.S. The molecule has 0 aliphatic heterocycles. The van der Waals surface area contributed by atoms with Crippen LogP contribution < -0.4 is 5.32 Å². The first kappa shape index (κ1) is 18.3. The zero-order chi connectivity index (χ0) is 14.0. The van der Waals surface area contributed by atoms with Crippen molar-refractivity contribution in [3.8, 4) is 0 Å². The van der Waals surface area contributed by atoms with Crippen LogP contribution in [0.4, 0.5) is 8.78 Å². The van der Waals surface area contributed by atoms with Gasteiger partial charge in [0, 0.05) is 19.0 Å².